The molecule has 13 heteroatoms. The zero-order valence-electron chi connectivity index (χ0n) is 23.1. The summed E-state index contributed by atoms with van der Waals surface area (Å²) in [6.45, 7) is 8.24. The van der Waals surface area contributed by atoms with Gasteiger partial charge in [0.15, 0.2) is 5.82 Å². The molecular formula is C28H32F3N7O3. The lowest BCUT2D eigenvalue weighted by molar-refractivity contribution is -0.274. The molecule has 5 rings (SSSR count). The minimum atomic E-state index is -4.82. The van der Waals surface area contributed by atoms with E-state index in [1.165, 1.54) is 6.20 Å². The minimum Gasteiger partial charge on any atom is -0.444 e. The van der Waals surface area contributed by atoms with E-state index in [1.807, 2.05) is 26.8 Å². The Kier molecular flexibility index (Phi) is 7.62. The van der Waals surface area contributed by atoms with E-state index in [0.29, 0.717) is 42.7 Å². The SMILES string of the molecule is CC(C)(C)OC(=O)N1CCCC2(CCN(c3cc(Nc4cc(OC(F)(F)F)ccn4)nc(-c4cccnc4)n3)C2)C1. The van der Waals surface area contributed by atoms with Crippen LogP contribution in [0.25, 0.3) is 11.4 Å². The van der Waals surface area contributed by atoms with Crippen molar-refractivity contribution >= 4 is 23.5 Å². The number of anilines is 3. The molecule has 0 saturated carbocycles. The van der Waals surface area contributed by atoms with E-state index in [4.69, 9.17) is 9.72 Å². The Bertz CT molecular complexity index is 1380. The molecule has 2 aliphatic heterocycles. The van der Waals surface area contributed by atoms with Crippen molar-refractivity contribution in [3.8, 4) is 17.1 Å². The van der Waals surface area contributed by atoms with Gasteiger partial charge < -0.3 is 24.6 Å². The number of nitrogens with one attached hydrogen (secondary N) is 1. The first kappa shape index (κ1) is 28.4. The van der Waals surface area contributed by atoms with Gasteiger partial charge in [0, 0.05) is 67.9 Å². The lowest BCUT2D eigenvalue weighted by Crippen LogP contribution is -2.48. The van der Waals surface area contributed by atoms with Crippen LogP contribution in [0.2, 0.25) is 0 Å². The van der Waals surface area contributed by atoms with Crippen LogP contribution in [-0.2, 0) is 4.74 Å². The fourth-order valence-electron chi connectivity index (χ4n) is 5.25. The van der Waals surface area contributed by atoms with E-state index in [-0.39, 0.29) is 17.3 Å². The summed E-state index contributed by atoms with van der Waals surface area (Å²) < 4.78 is 47.9. The summed E-state index contributed by atoms with van der Waals surface area (Å²) in [6.07, 6.45) is 2.12. The molecular weight excluding hydrogens is 539 g/mol. The predicted octanol–water partition coefficient (Wildman–Crippen LogP) is 5.80. The van der Waals surface area contributed by atoms with E-state index in [0.717, 1.165) is 37.9 Å². The van der Waals surface area contributed by atoms with Crippen LogP contribution in [-0.4, -0.2) is 69.1 Å². The predicted molar refractivity (Wildman–Crippen MR) is 146 cm³/mol. The molecule has 218 valence electrons. The number of halogens is 3. The van der Waals surface area contributed by atoms with E-state index < -0.39 is 17.7 Å². The van der Waals surface area contributed by atoms with Gasteiger partial charge in [-0.1, -0.05) is 0 Å². The normalized spacial score (nSPS) is 19.4. The average molecular weight is 572 g/mol. The Balaban J connectivity index is 1.39. The number of aromatic nitrogens is 4. The van der Waals surface area contributed by atoms with Gasteiger partial charge in [0.25, 0.3) is 0 Å². The fraction of sp³-hybridized carbons (Fsp3) is 0.464. The van der Waals surface area contributed by atoms with Gasteiger partial charge in [-0.05, 0) is 58.2 Å². The van der Waals surface area contributed by atoms with Gasteiger partial charge in [0.2, 0.25) is 0 Å². The summed E-state index contributed by atoms with van der Waals surface area (Å²) in [5.74, 6) is 1.14. The number of ether oxygens (including phenoxy) is 2. The smallest absolute Gasteiger partial charge is 0.444 e. The highest BCUT2D eigenvalue weighted by Gasteiger charge is 2.44. The first-order valence-electron chi connectivity index (χ1n) is 13.4. The molecule has 1 atom stereocenters. The molecule has 2 aliphatic rings. The van der Waals surface area contributed by atoms with Crippen LogP contribution in [0, 0.1) is 5.41 Å². The molecule has 41 heavy (non-hydrogen) atoms. The van der Waals surface area contributed by atoms with E-state index in [9.17, 15) is 18.0 Å². The molecule has 1 amide bonds. The number of hydrogen-bond donors (Lipinski definition) is 1. The van der Waals surface area contributed by atoms with Crippen LogP contribution < -0.4 is 15.0 Å². The second-order valence-electron chi connectivity index (χ2n) is 11.4. The van der Waals surface area contributed by atoms with Crippen LogP contribution in [0.1, 0.15) is 40.0 Å². The first-order valence-corrected chi connectivity index (χ1v) is 13.4. The number of nitrogens with zero attached hydrogens (tertiary/aromatic N) is 6. The van der Waals surface area contributed by atoms with Gasteiger partial charge in [0.1, 0.15) is 28.8 Å². The number of hydrogen-bond acceptors (Lipinski definition) is 9. The third kappa shape index (κ3) is 7.33. The summed E-state index contributed by atoms with van der Waals surface area (Å²) in [4.78, 5) is 34.4. The van der Waals surface area contributed by atoms with Crippen molar-refractivity contribution in [1.29, 1.82) is 0 Å². The average Bonchev–Trinajstić information content (AvgIpc) is 3.30. The molecule has 2 fully saturated rings. The van der Waals surface area contributed by atoms with Crippen molar-refractivity contribution < 1.29 is 27.4 Å². The Morgan fingerprint density at radius 2 is 1.85 bits per heavy atom. The fourth-order valence-corrected chi connectivity index (χ4v) is 5.25. The lowest BCUT2D eigenvalue weighted by Gasteiger charge is -2.40. The van der Waals surface area contributed by atoms with Crippen LogP contribution >= 0.6 is 0 Å². The van der Waals surface area contributed by atoms with E-state index in [1.54, 1.807) is 29.4 Å². The Morgan fingerprint density at radius 1 is 1.02 bits per heavy atom. The van der Waals surface area contributed by atoms with E-state index in [2.05, 4.69) is 29.9 Å². The van der Waals surface area contributed by atoms with Gasteiger partial charge in [-0.25, -0.2) is 19.7 Å². The molecule has 0 radical (unpaired) electrons. The molecule has 1 spiro atoms. The maximum atomic E-state index is 12.8. The number of carbonyl (C=O) groups excluding carboxylic acids is 1. The topological polar surface area (TPSA) is 106 Å². The highest BCUT2D eigenvalue weighted by atomic mass is 19.4. The van der Waals surface area contributed by atoms with Gasteiger partial charge in [0.05, 0.1) is 0 Å². The maximum absolute atomic E-state index is 12.8. The zero-order chi connectivity index (χ0) is 29.3. The number of piperidine rings is 1. The van der Waals surface area contributed by atoms with Crippen molar-refractivity contribution in [1.82, 2.24) is 24.8 Å². The number of rotatable bonds is 5. The van der Waals surface area contributed by atoms with Crippen molar-refractivity contribution in [3.05, 3.63) is 48.9 Å². The van der Waals surface area contributed by atoms with Crippen LogP contribution in [0.15, 0.2) is 48.9 Å². The number of carbonyl (C=O) groups is 1. The quantitative estimate of drug-likeness (QED) is 0.407. The Labute approximate surface area is 235 Å². The zero-order valence-corrected chi connectivity index (χ0v) is 23.1. The van der Waals surface area contributed by atoms with Gasteiger partial charge in [-0.15, -0.1) is 13.2 Å². The highest BCUT2D eigenvalue weighted by molar-refractivity contribution is 5.68. The molecule has 1 N–H and O–H groups in total. The number of likely N-dealkylation sites (tertiary alicyclic amines) is 1. The Hall–Kier alpha value is -4.16. The second-order valence-corrected chi connectivity index (χ2v) is 11.4. The summed E-state index contributed by atoms with van der Waals surface area (Å²) in [6, 6.07) is 7.62. The van der Waals surface area contributed by atoms with E-state index >= 15 is 0 Å². The lowest BCUT2D eigenvalue weighted by atomic mass is 9.79. The second kappa shape index (κ2) is 11.0. The molecule has 10 nitrogen and oxygen atoms in total. The summed E-state index contributed by atoms with van der Waals surface area (Å²) in [7, 11) is 0. The largest absolute Gasteiger partial charge is 0.573 e. The monoisotopic (exact) mass is 571 g/mol. The van der Waals surface area contributed by atoms with Gasteiger partial charge in [-0.3, -0.25) is 4.98 Å². The van der Waals surface area contributed by atoms with Crippen molar-refractivity contribution in [2.24, 2.45) is 5.41 Å². The van der Waals surface area contributed by atoms with Crippen molar-refractivity contribution in [2.45, 2.75) is 52.0 Å². The van der Waals surface area contributed by atoms with Crippen LogP contribution in [0.4, 0.5) is 35.4 Å². The molecule has 1 unspecified atom stereocenters. The number of pyridine rings is 2. The van der Waals surface area contributed by atoms with Gasteiger partial charge >= 0.3 is 12.5 Å². The highest BCUT2D eigenvalue weighted by Crippen LogP contribution is 2.41. The third-order valence-corrected chi connectivity index (χ3v) is 6.93. The standard InChI is InChI=1S/C28H32F3N7O3/c1-26(2,3)41-25(39)38-12-5-8-27(18-38)9-13-37(17-27)23-15-22(35-24(36-23)19-6-4-10-32-16-19)34-21-14-20(7-11-33-21)40-28(29,30)31/h4,6-7,10-11,14-16H,5,8-9,12-13,17-18H2,1-3H3,(H,33,34,35,36). The summed E-state index contributed by atoms with van der Waals surface area (Å²) in [5, 5.41) is 2.99. The van der Waals surface area contributed by atoms with Crippen molar-refractivity contribution in [3.63, 3.8) is 0 Å². The summed E-state index contributed by atoms with van der Waals surface area (Å²) in [5.41, 5.74) is 0.0126. The maximum Gasteiger partial charge on any atom is 0.573 e. The van der Waals surface area contributed by atoms with Crippen LogP contribution in [0.5, 0.6) is 5.75 Å². The molecule has 0 aromatic carbocycles. The van der Waals surface area contributed by atoms with Crippen molar-refractivity contribution in [2.75, 3.05) is 36.4 Å². The molecule has 2 saturated heterocycles. The van der Waals surface area contributed by atoms with Crippen LogP contribution in [0.3, 0.4) is 0 Å². The minimum absolute atomic E-state index is 0.104. The molecule has 3 aromatic rings. The molecule has 3 aromatic heterocycles. The third-order valence-electron chi connectivity index (χ3n) is 6.93. The number of amides is 1. The molecule has 5 heterocycles. The Morgan fingerprint density at radius 3 is 2.59 bits per heavy atom. The molecule has 0 aliphatic carbocycles. The van der Waals surface area contributed by atoms with Gasteiger partial charge in [-0.2, -0.15) is 0 Å². The number of alkyl halides is 3. The molecule has 0 bridgehead atoms. The first-order chi connectivity index (χ1) is 19.4. The summed E-state index contributed by atoms with van der Waals surface area (Å²) >= 11 is 0.